The Bertz CT molecular complexity index is 1530. The van der Waals surface area contributed by atoms with Crippen molar-refractivity contribution in [3.63, 3.8) is 0 Å². The van der Waals surface area contributed by atoms with Crippen molar-refractivity contribution >= 4 is 17.9 Å². The summed E-state index contributed by atoms with van der Waals surface area (Å²) in [5, 5.41) is 0. The van der Waals surface area contributed by atoms with Crippen LogP contribution in [0.2, 0.25) is 0 Å². The van der Waals surface area contributed by atoms with Gasteiger partial charge < -0.3 is 14.2 Å². The molecule has 0 aliphatic carbocycles. The van der Waals surface area contributed by atoms with Gasteiger partial charge in [0.15, 0.2) is 6.10 Å². The Balaban J connectivity index is 4.29. The second kappa shape index (κ2) is 65.8. The molecular formula is C72H124O6. The van der Waals surface area contributed by atoms with Crippen molar-refractivity contribution < 1.29 is 28.6 Å². The molecule has 0 rings (SSSR count). The van der Waals surface area contributed by atoms with Crippen LogP contribution in [-0.4, -0.2) is 37.2 Å². The van der Waals surface area contributed by atoms with Crippen molar-refractivity contribution in [2.24, 2.45) is 0 Å². The van der Waals surface area contributed by atoms with Crippen LogP contribution in [0.5, 0.6) is 0 Å². The quantitative estimate of drug-likeness (QED) is 0.0261. The first-order valence-electron chi connectivity index (χ1n) is 33.2. The van der Waals surface area contributed by atoms with Gasteiger partial charge in [0.25, 0.3) is 0 Å². The van der Waals surface area contributed by atoms with Crippen LogP contribution in [0.15, 0.2) is 97.2 Å². The maximum atomic E-state index is 12.9. The molecule has 0 aliphatic rings. The highest BCUT2D eigenvalue weighted by molar-refractivity contribution is 5.71. The van der Waals surface area contributed by atoms with Gasteiger partial charge in [-0.1, -0.05) is 304 Å². The average Bonchev–Trinajstić information content (AvgIpc) is 3.44. The van der Waals surface area contributed by atoms with E-state index in [2.05, 4.69) is 118 Å². The minimum absolute atomic E-state index is 0.0979. The summed E-state index contributed by atoms with van der Waals surface area (Å²) < 4.78 is 16.9. The second-order valence-electron chi connectivity index (χ2n) is 22.0. The van der Waals surface area contributed by atoms with Crippen LogP contribution < -0.4 is 0 Å². The van der Waals surface area contributed by atoms with E-state index < -0.39 is 6.10 Å². The molecule has 0 spiro atoms. The second-order valence-corrected chi connectivity index (χ2v) is 22.0. The van der Waals surface area contributed by atoms with Gasteiger partial charge >= 0.3 is 17.9 Å². The Morgan fingerprint density at radius 3 is 0.833 bits per heavy atom. The maximum absolute atomic E-state index is 12.9. The van der Waals surface area contributed by atoms with Crippen LogP contribution in [0.4, 0.5) is 0 Å². The number of ether oxygens (including phenoxy) is 3. The van der Waals surface area contributed by atoms with Gasteiger partial charge in [-0.3, -0.25) is 14.4 Å². The Morgan fingerprint density at radius 2 is 0.513 bits per heavy atom. The molecule has 0 aromatic rings. The van der Waals surface area contributed by atoms with Gasteiger partial charge in [0.2, 0.25) is 0 Å². The summed E-state index contributed by atoms with van der Waals surface area (Å²) >= 11 is 0. The summed E-state index contributed by atoms with van der Waals surface area (Å²) in [7, 11) is 0. The summed E-state index contributed by atoms with van der Waals surface area (Å²) in [5.74, 6) is -0.949. The lowest BCUT2D eigenvalue weighted by Gasteiger charge is -2.18. The fraction of sp³-hybridized carbons (Fsp3) is 0.736. The SMILES string of the molecule is CC/C=C\C/C=C\C/C=C\C/C=C\C/C=C\C/C=C\C/C=C\CCCC(=O)OC(COC(=O)CCCCCCCCCCCC)COC(=O)CCCCCCCCCCCCCCCCC/C=C\CCCCCCCCCC. The number of hydrogen-bond acceptors (Lipinski definition) is 6. The molecule has 0 bridgehead atoms. The molecule has 0 aromatic heterocycles. The topological polar surface area (TPSA) is 78.9 Å². The molecule has 0 N–H and O–H groups in total. The van der Waals surface area contributed by atoms with E-state index in [0.29, 0.717) is 19.3 Å². The number of allylic oxidation sites excluding steroid dienone is 16. The molecule has 0 amide bonds. The summed E-state index contributed by atoms with van der Waals surface area (Å²) in [6.07, 6.45) is 88.7. The third kappa shape index (κ3) is 63.2. The number of rotatable bonds is 60. The standard InChI is InChI=1S/C72H124O6/c1-4-7-10-13-16-19-22-24-26-28-30-32-34-35-36-37-39-40-42-44-46-48-50-53-56-59-62-65-71(74)77-68-69(67-76-70(73)64-61-58-55-52-21-18-15-12-9-6-3)78-72(75)66-63-60-57-54-51-49-47-45-43-41-38-33-31-29-27-25-23-20-17-14-11-8-5-2/h8,11,17,20,25,27-28,30-31,33,41,43,47,49,54,57,69H,4-7,9-10,12-16,18-19,21-24,26,29,32,34-40,42,44-46,48,50-53,55-56,58-68H2,1-3H3/b11-8-,20-17-,27-25-,30-28-,33-31-,43-41-,49-47-,57-54-. The predicted octanol–water partition coefficient (Wildman–Crippen LogP) is 22.8. The fourth-order valence-electron chi connectivity index (χ4n) is 9.37. The highest BCUT2D eigenvalue weighted by Crippen LogP contribution is 2.17. The van der Waals surface area contributed by atoms with E-state index in [4.69, 9.17) is 14.2 Å². The third-order valence-corrected chi connectivity index (χ3v) is 14.3. The minimum atomic E-state index is -0.807. The van der Waals surface area contributed by atoms with Crippen LogP contribution in [0.3, 0.4) is 0 Å². The number of unbranched alkanes of at least 4 members (excludes halogenated alkanes) is 33. The normalized spacial score (nSPS) is 12.7. The number of carbonyl (C=O) groups excluding carboxylic acids is 3. The van der Waals surface area contributed by atoms with Gasteiger partial charge in [-0.2, -0.15) is 0 Å². The Kier molecular flexibility index (Phi) is 62.7. The van der Waals surface area contributed by atoms with E-state index in [-0.39, 0.29) is 37.5 Å². The summed E-state index contributed by atoms with van der Waals surface area (Å²) in [5.41, 5.74) is 0. The van der Waals surface area contributed by atoms with Crippen molar-refractivity contribution in [3.8, 4) is 0 Å². The Morgan fingerprint density at radius 1 is 0.269 bits per heavy atom. The van der Waals surface area contributed by atoms with Crippen LogP contribution in [0.25, 0.3) is 0 Å². The largest absolute Gasteiger partial charge is 0.462 e. The smallest absolute Gasteiger partial charge is 0.306 e. The van der Waals surface area contributed by atoms with E-state index in [1.54, 1.807) is 0 Å². The van der Waals surface area contributed by atoms with Crippen LogP contribution in [0.1, 0.15) is 323 Å². The lowest BCUT2D eigenvalue weighted by Crippen LogP contribution is -2.30. The molecule has 6 nitrogen and oxygen atoms in total. The van der Waals surface area contributed by atoms with Crippen molar-refractivity contribution in [2.45, 2.75) is 329 Å². The van der Waals surface area contributed by atoms with Gasteiger partial charge in [-0.15, -0.1) is 0 Å². The number of carbonyl (C=O) groups is 3. The van der Waals surface area contributed by atoms with Gasteiger partial charge in [0, 0.05) is 19.3 Å². The van der Waals surface area contributed by atoms with E-state index in [0.717, 1.165) is 89.9 Å². The zero-order valence-electron chi connectivity index (χ0n) is 51.4. The molecule has 6 heteroatoms. The predicted molar refractivity (Wildman–Crippen MR) is 339 cm³/mol. The minimum Gasteiger partial charge on any atom is -0.462 e. The zero-order chi connectivity index (χ0) is 56.4. The molecule has 0 aromatic carbocycles. The summed E-state index contributed by atoms with van der Waals surface area (Å²) in [6.45, 7) is 6.50. The lowest BCUT2D eigenvalue weighted by molar-refractivity contribution is -0.167. The number of hydrogen-bond donors (Lipinski definition) is 0. The molecular weight excluding hydrogens is 961 g/mol. The van der Waals surface area contributed by atoms with Gasteiger partial charge in [-0.05, 0) is 96.3 Å². The highest BCUT2D eigenvalue weighted by Gasteiger charge is 2.19. The molecule has 448 valence electrons. The first-order valence-corrected chi connectivity index (χ1v) is 33.2. The molecule has 78 heavy (non-hydrogen) atoms. The molecule has 0 aliphatic heterocycles. The average molecular weight is 1090 g/mol. The Hall–Kier alpha value is -3.67. The van der Waals surface area contributed by atoms with Crippen LogP contribution in [-0.2, 0) is 28.6 Å². The van der Waals surface area contributed by atoms with Gasteiger partial charge in [0.1, 0.15) is 13.2 Å². The third-order valence-electron chi connectivity index (χ3n) is 14.3. The van der Waals surface area contributed by atoms with Gasteiger partial charge in [0.05, 0.1) is 0 Å². The zero-order valence-corrected chi connectivity index (χ0v) is 51.4. The van der Waals surface area contributed by atoms with E-state index in [1.165, 1.54) is 186 Å². The van der Waals surface area contributed by atoms with E-state index in [1.807, 2.05) is 0 Å². The first kappa shape index (κ1) is 74.3. The highest BCUT2D eigenvalue weighted by atomic mass is 16.6. The fourth-order valence-corrected chi connectivity index (χ4v) is 9.37. The molecule has 1 unspecified atom stereocenters. The summed E-state index contributed by atoms with van der Waals surface area (Å²) in [6, 6.07) is 0. The monoisotopic (exact) mass is 1080 g/mol. The van der Waals surface area contributed by atoms with E-state index >= 15 is 0 Å². The molecule has 0 radical (unpaired) electrons. The van der Waals surface area contributed by atoms with Crippen molar-refractivity contribution in [2.75, 3.05) is 13.2 Å². The molecule has 0 fully saturated rings. The van der Waals surface area contributed by atoms with Gasteiger partial charge in [-0.25, -0.2) is 0 Å². The number of esters is 3. The van der Waals surface area contributed by atoms with Crippen molar-refractivity contribution in [1.82, 2.24) is 0 Å². The van der Waals surface area contributed by atoms with E-state index in [9.17, 15) is 14.4 Å². The molecule has 0 saturated heterocycles. The van der Waals surface area contributed by atoms with Crippen LogP contribution >= 0.6 is 0 Å². The molecule has 0 saturated carbocycles. The van der Waals surface area contributed by atoms with Crippen LogP contribution in [0, 0.1) is 0 Å². The Labute approximate surface area is 483 Å². The molecule has 1 atom stereocenters. The summed E-state index contributed by atoms with van der Waals surface area (Å²) in [4.78, 5) is 38.2. The lowest BCUT2D eigenvalue weighted by atomic mass is 10.0. The maximum Gasteiger partial charge on any atom is 0.306 e. The van der Waals surface area contributed by atoms with Crippen molar-refractivity contribution in [3.05, 3.63) is 97.2 Å². The first-order chi connectivity index (χ1) is 38.5. The molecule has 0 heterocycles. The van der Waals surface area contributed by atoms with Crippen molar-refractivity contribution in [1.29, 1.82) is 0 Å².